The van der Waals surface area contributed by atoms with Gasteiger partial charge >= 0.3 is 5.97 Å². The normalized spacial score (nSPS) is 34.4. The van der Waals surface area contributed by atoms with Crippen LogP contribution in [-0.2, 0) is 14.3 Å². The van der Waals surface area contributed by atoms with E-state index in [-0.39, 0.29) is 5.78 Å². The topological polar surface area (TPSA) is 69.4 Å². The van der Waals surface area contributed by atoms with Gasteiger partial charge in [0.2, 0.25) is 0 Å². The summed E-state index contributed by atoms with van der Waals surface area (Å²) >= 11 is 0. The van der Waals surface area contributed by atoms with Crippen LogP contribution in [0.4, 0.5) is 0 Å². The lowest BCUT2D eigenvalue weighted by molar-refractivity contribution is -0.153. The van der Waals surface area contributed by atoms with Gasteiger partial charge in [0.1, 0.15) is 0 Å². The summed E-state index contributed by atoms with van der Waals surface area (Å²) in [4.78, 5) is 22.7. The van der Waals surface area contributed by atoms with Crippen molar-refractivity contribution in [2.45, 2.75) is 31.7 Å². The standard InChI is InChI=1S/C9H15NO3/c1-6-3-4-9(10,7(11)5-6)8(12)13-2/h6H,3-5,10H2,1-2H3. The predicted molar refractivity (Wildman–Crippen MR) is 47.0 cm³/mol. The van der Waals surface area contributed by atoms with E-state index >= 15 is 0 Å². The van der Waals surface area contributed by atoms with Gasteiger partial charge in [0, 0.05) is 6.42 Å². The molecule has 2 atom stereocenters. The average molecular weight is 185 g/mol. The second-order valence-corrected chi connectivity index (χ2v) is 3.73. The number of rotatable bonds is 1. The number of hydrogen-bond acceptors (Lipinski definition) is 4. The maximum absolute atomic E-state index is 11.5. The lowest BCUT2D eigenvalue weighted by Gasteiger charge is -2.31. The van der Waals surface area contributed by atoms with Gasteiger partial charge in [-0.05, 0) is 18.8 Å². The average Bonchev–Trinajstić information content (AvgIpc) is 2.11. The molecule has 4 nitrogen and oxygen atoms in total. The molecule has 0 aromatic heterocycles. The molecule has 2 N–H and O–H groups in total. The number of methoxy groups -OCH3 is 1. The predicted octanol–water partition coefficient (Wildman–Crippen LogP) is 0.246. The first-order chi connectivity index (χ1) is 6.00. The molecule has 1 rings (SSSR count). The third kappa shape index (κ3) is 1.72. The molecule has 0 bridgehead atoms. The summed E-state index contributed by atoms with van der Waals surface area (Å²) in [6.07, 6.45) is 1.59. The molecule has 1 aliphatic rings. The molecular formula is C9H15NO3. The zero-order chi connectivity index (χ0) is 10.1. The lowest BCUT2D eigenvalue weighted by atomic mass is 9.77. The first-order valence-electron chi connectivity index (χ1n) is 4.41. The SMILES string of the molecule is COC(=O)C1(N)CCC(C)CC1=O. The van der Waals surface area contributed by atoms with Crippen molar-refractivity contribution in [2.75, 3.05) is 7.11 Å². The highest BCUT2D eigenvalue weighted by atomic mass is 16.5. The van der Waals surface area contributed by atoms with Crippen LogP contribution in [0.15, 0.2) is 0 Å². The van der Waals surface area contributed by atoms with E-state index < -0.39 is 11.5 Å². The van der Waals surface area contributed by atoms with Crippen molar-refractivity contribution in [2.24, 2.45) is 11.7 Å². The molecular weight excluding hydrogens is 170 g/mol. The molecule has 1 aliphatic carbocycles. The van der Waals surface area contributed by atoms with Crippen LogP contribution in [0.2, 0.25) is 0 Å². The molecule has 0 amide bonds. The van der Waals surface area contributed by atoms with Crippen LogP contribution < -0.4 is 5.73 Å². The number of ketones is 1. The molecule has 0 saturated heterocycles. The molecule has 1 saturated carbocycles. The van der Waals surface area contributed by atoms with E-state index in [0.29, 0.717) is 18.8 Å². The van der Waals surface area contributed by atoms with Gasteiger partial charge in [0.05, 0.1) is 7.11 Å². The minimum absolute atomic E-state index is 0.196. The first-order valence-corrected chi connectivity index (χ1v) is 4.41. The molecule has 0 aromatic rings. The summed E-state index contributed by atoms with van der Waals surface area (Å²) in [5.41, 5.74) is 4.32. The van der Waals surface area contributed by atoms with Crippen LogP contribution in [0.1, 0.15) is 26.2 Å². The van der Waals surface area contributed by atoms with Crippen LogP contribution in [-0.4, -0.2) is 24.4 Å². The van der Waals surface area contributed by atoms with Crippen LogP contribution in [0.25, 0.3) is 0 Å². The molecule has 0 radical (unpaired) electrons. The summed E-state index contributed by atoms with van der Waals surface area (Å²) in [7, 11) is 1.25. The van der Waals surface area contributed by atoms with Crippen molar-refractivity contribution < 1.29 is 14.3 Å². The van der Waals surface area contributed by atoms with Crippen molar-refractivity contribution in [3.63, 3.8) is 0 Å². The van der Waals surface area contributed by atoms with E-state index in [9.17, 15) is 9.59 Å². The molecule has 0 aromatic carbocycles. The van der Waals surface area contributed by atoms with Crippen molar-refractivity contribution >= 4 is 11.8 Å². The van der Waals surface area contributed by atoms with E-state index in [2.05, 4.69) is 4.74 Å². The fourth-order valence-corrected chi connectivity index (χ4v) is 1.61. The van der Waals surface area contributed by atoms with Gasteiger partial charge in [-0.3, -0.25) is 4.79 Å². The zero-order valence-electron chi connectivity index (χ0n) is 8.00. The van der Waals surface area contributed by atoms with Gasteiger partial charge in [-0.25, -0.2) is 4.79 Å². The summed E-state index contributed by atoms with van der Waals surface area (Å²) in [6, 6.07) is 0. The van der Waals surface area contributed by atoms with Gasteiger partial charge in [-0.1, -0.05) is 6.92 Å². The van der Waals surface area contributed by atoms with Crippen molar-refractivity contribution in [1.29, 1.82) is 0 Å². The highest BCUT2D eigenvalue weighted by molar-refractivity contribution is 6.08. The minimum atomic E-state index is -1.37. The fourth-order valence-electron chi connectivity index (χ4n) is 1.61. The summed E-state index contributed by atoms with van der Waals surface area (Å²) in [5.74, 6) is -0.476. The zero-order valence-corrected chi connectivity index (χ0v) is 8.00. The molecule has 0 spiro atoms. The summed E-state index contributed by atoms with van der Waals surface area (Å²) < 4.78 is 4.51. The molecule has 4 heteroatoms. The number of hydrogen-bond donors (Lipinski definition) is 1. The second kappa shape index (κ2) is 3.46. The monoisotopic (exact) mass is 185 g/mol. The maximum Gasteiger partial charge on any atom is 0.333 e. The molecule has 74 valence electrons. The van der Waals surface area contributed by atoms with Crippen LogP contribution in [0, 0.1) is 5.92 Å². The van der Waals surface area contributed by atoms with Gasteiger partial charge in [-0.15, -0.1) is 0 Å². The van der Waals surface area contributed by atoms with Crippen molar-refractivity contribution in [1.82, 2.24) is 0 Å². The number of carbonyl (C=O) groups is 2. The lowest BCUT2D eigenvalue weighted by Crippen LogP contribution is -2.57. The highest BCUT2D eigenvalue weighted by Gasteiger charge is 2.45. The quantitative estimate of drug-likeness (QED) is 0.469. The van der Waals surface area contributed by atoms with E-state index in [1.54, 1.807) is 0 Å². The Balaban J connectivity index is 2.79. The number of nitrogens with two attached hydrogens (primary N) is 1. The molecule has 0 aliphatic heterocycles. The van der Waals surface area contributed by atoms with Crippen LogP contribution in [0.3, 0.4) is 0 Å². The smallest absolute Gasteiger partial charge is 0.333 e. The Bertz CT molecular complexity index is 239. The molecule has 1 fully saturated rings. The van der Waals surface area contributed by atoms with Crippen molar-refractivity contribution in [3.05, 3.63) is 0 Å². The van der Waals surface area contributed by atoms with Gasteiger partial charge < -0.3 is 10.5 Å². The van der Waals surface area contributed by atoms with E-state index in [0.717, 1.165) is 6.42 Å². The molecule has 0 heterocycles. The molecule has 13 heavy (non-hydrogen) atoms. The van der Waals surface area contributed by atoms with E-state index in [1.165, 1.54) is 7.11 Å². The van der Waals surface area contributed by atoms with E-state index in [4.69, 9.17) is 5.73 Å². The second-order valence-electron chi connectivity index (χ2n) is 3.73. The molecule has 2 unspecified atom stereocenters. The third-order valence-electron chi connectivity index (χ3n) is 2.61. The summed E-state index contributed by atoms with van der Waals surface area (Å²) in [6.45, 7) is 1.98. The fraction of sp³-hybridized carbons (Fsp3) is 0.778. The van der Waals surface area contributed by atoms with Gasteiger partial charge in [-0.2, -0.15) is 0 Å². The van der Waals surface area contributed by atoms with Gasteiger partial charge in [0.25, 0.3) is 0 Å². The third-order valence-corrected chi connectivity index (χ3v) is 2.61. The minimum Gasteiger partial charge on any atom is -0.467 e. The van der Waals surface area contributed by atoms with Gasteiger partial charge in [0.15, 0.2) is 11.3 Å². The Morgan fingerprint density at radius 1 is 1.69 bits per heavy atom. The first kappa shape index (κ1) is 10.2. The Labute approximate surface area is 77.4 Å². The highest BCUT2D eigenvalue weighted by Crippen LogP contribution is 2.27. The van der Waals surface area contributed by atoms with Crippen LogP contribution >= 0.6 is 0 Å². The number of carbonyl (C=O) groups excluding carboxylic acids is 2. The number of Topliss-reactive ketones (excluding diaryl/α,β-unsaturated/α-hetero) is 1. The Morgan fingerprint density at radius 3 is 2.77 bits per heavy atom. The summed E-state index contributed by atoms with van der Waals surface area (Å²) in [5, 5.41) is 0. The maximum atomic E-state index is 11.5. The number of ether oxygens (including phenoxy) is 1. The van der Waals surface area contributed by atoms with E-state index in [1.807, 2.05) is 6.92 Å². The largest absolute Gasteiger partial charge is 0.467 e. The Morgan fingerprint density at radius 2 is 2.31 bits per heavy atom. The Kier molecular flexibility index (Phi) is 2.71. The van der Waals surface area contributed by atoms with Crippen LogP contribution in [0.5, 0.6) is 0 Å². The number of esters is 1. The Hall–Kier alpha value is -0.900. The van der Waals surface area contributed by atoms with Crippen molar-refractivity contribution in [3.8, 4) is 0 Å².